The van der Waals surface area contributed by atoms with Crippen LogP contribution in [0.2, 0.25) is 0 Å². The molecule has 44 heavy (non-hydrogen) atoms. The van der Waals surface area contributed by atoms with E-state index in [1.807, 2.05) is 0 Å². The number of halogens is 1. The van der Waals surface area contributed by atoms with E-state index < -0.39 is 23.2 Å². The van der Waals surface area contributed by atoms with Gasteiger partial charge in [0.2, 0.25) is 0 Å². The second-order valence-electron chi connectivity index (χ2n) is 17.5. The molecule has 1 unspecified atom stereocenters. The van der Waals surface area contributed by atoms with E-state index in [0.29, 0.717) is 38.1 Å². The number of hydrogen-bond donors (Lipinski definition) is 3. The maximum Gasteiger partial charge on any atom is 0.170 e. The average Bonchev–Trinajstić information content (AvgIpc) is 3.59. The Labute approximate surface area is 264 Å². The van der Waals surface area contributed by atoms with E-state index in [4.69, 9.17) is 14.2 Å². The van der Waals surface area contributed by atoms with Gasteiger partial charge < -0.3 is 29.5 Å². The van der Waals surface area contributed by atoms with E-state index in [2.05, 4.69) is 39.5 Å². The van der Waals surface area contributed by atoms with Crippen LogP contribution in [-0.4, -0.2) is 83.3 Å². The molecule has 0 aromatic heterocycles. The number of ether oxygens (including phenoxy) is 3. The van der Waals surface area contributed by atoms with Gasteiger partial charge in [-0.25, -0.2) is 4.39 Å². The topological polar surface area (TPSA) is 91.6 Å². The molecule has 3 N–H and O–H groups in total. The van der Waals surface area contributed by atoms with Crippen molar-refractivity contribution in [3.8, 4) is 0 Å². The van der Waals surface area contributed by atoms with Crippen molar-refractivity contribution < 1.29 is 33.9 Å². The first-order valence-electron chi connectivity index (χ1n) is 17.5. The van der Waals surface area contributed by atoms with Gasteiger partial charge in [-0.1, -0.05) is 34.6 Å². The van der Waals surface area contributed by atoms with Crippen LogP contribution in [0.25, 0.3) is 0 Å². The van der Waals surface area contributed by atoms with Crippen molar-refractivity contribution in [2.45, 2.75) is 130 Å². The molecule has 2 saturated heterocycles. The molecule has 0 aromatic carbocycles. The molecule has 5 aliphatic carbocycles. The molecule has 11 atom stereocenters. The van der Waals surface area contributed by atoms with Crippen LogP contribution in [0.5, 0.6) is 0 Å². The standard InChI is InChI=1S/C36H57FNO6/c1-21-18-22(29(39)32(4,5)41)43-28-27(21)33(6)12-13-36-20-35(36)11-10-25(44-26-19-38(15-14-37)16-17-42-26)31(2,3)23(35)8-9-24(36)34(33,7)30(28)40/h21,23,25-27,29-30,39-41H,8-20H2,1-7H3/t21-,23+,25?,26+,27+,29+,30+,33-,34-,35-,36+/m1/s1. The first kappa shape index (κ1) is 32.2. The Kier molecular flexibility index (Phi) is 7.56. The Morgan fingerprint density at radius 2 is 1.89 bits per heavy atom. The maximum absolute atomic E-state index is 13.0. The van der Waals surface area contributed by atoms with Crippen molar-refractivity contribution in [3.63, 3.8) is 0 Å². The highest BCUT2D eigenvalue weighted by atomic mass is 19.1. The highest BCUT2D eigenvalue weighted by Crippen LogP contribution is 2.90. The zero-order valence-corrected chi connectivity index (χ0v) is 28.1. The van der Waals surface area contributed by atoms with E-state index >= 15 is 0 Å². The summed E-state index contributed by atoms with van der Waals surface area (Å²) in [5, 5.41) is 33.8. The van der Waals surface area contributed by atoms with Crippen LogP contribution >= 0.6 is 0 Å². The van der Waals surface area contributed by atoms with Gasteiger partial charge >= 0.3 is 0 Å². The predicted molar refractivity (Wildman–Crippen MR) is 164 cm³/mol. The second kappa shape index (κ2) is 10.3. The van der Waals surface area contributed by atoms with Crippen LogP contribution in [0, 0.1) is 63.0 Å². The van der Waals surface area contributed by atoms with Crippen molar-refractivity contribution in [3.05, 3.63) is 18.1 Å². The minimum absolute atomic E-state index is 0.00753. The lowest BCUT2D eigenvalue weighted by molar-refractivity contribution is -0.243. The van der Waals surface area contributed by atoms with Crippen LogP contribution in [0.4, 0.5) is 4.39 Å². The van der Waals surface area contributed by atoms with Crippen LogP contribution in [0.1, 0.15) is 99.8 Å². The molecule has 0 amide bonds. The zero-order valence-electron chi connectivity index (χ0n) is 28.1. The number of morpholine rings is 1. The van der Waals surface area contributed by atoms with Gasteiger partial charge in [-0.05, 0) is 105 Å². The van der Waals surface area contributed by atoms with Gasteiger partial charge in [0, 0.05) is 31.0 Å². The number of rotatable bonds is 6. The third-order valence-corrected chi connectivity index (χ3v) is 14.8. The molecule has 7 rings (SSSR count). The van der Waals surface area contributed by atoms with Gasteiger partial charge in [-0.2, -0.15) is 0 Å². The van der Waals surface area contributed by atoms with E-state index in [9.17, 15) is 19.7 Å². The maximum atomic E-state index is 13.0. The largest absolute Gasteiger partial charge is 0.389 e. The summed E-state index contributed by atoms with van der Waals surface area (Å²) >= 11 is 0. The molecule has 249 valence electrons. The lowest BCUT2D eigenvalue weighted by atomic mass is 9.41. The van der Waals surface area contributed by atoms with Gasteiger partial charge in [0.05, 0.1) is 24.4 Å². The predicted octanol–water partition coefficient (Wildman–Crippen LogP) is 5.23. The van der Waals surface area contributed by atoms with E-state index in [1.54, 1.807) is 19.8 Å². The van der Waals surface area contributed by atoms with Crippen molar-refractivity contribution in [1.82, 2.24) is 4.90 Å². The minimum Gasteiger partial charge on any atom is -0.389 e. The van der Waals surface area contributed by atoms with Gasteiger partial charge in [0.25, 0.3) is 0 Å². The molecule has 8 heteroatoms. The minimum atomic E-state index is -1.31. The van der Waals surface area contributed by atoms with Gasteiger partial charge in [-0.15, -0.1) is 0 Å². The number of fused-ring (bicyclic) bond motifs is 4. The Hall–Kier alpha value is -0.350. The molecular formula is C36H57FNO6. The molecule has 7 nitrogen and oxygen atoms in total. The number of alkyl halides is 1. The fourth-order valence-corrected chi connectivity index (χ4v) is 12.5. The lowest BCUT2D eigenvalue weighted by Crippen LogP contribution is -2.59. The first-order chi connectivity index (χ1) is 20.6. The Bertz CT molecular complexity index is 1110. The zero-order chi connectivity index (χ0) is 31.7. The molecule has 3 radical (unpaired) electrons. The summed E-state index contributed by atoms with van der Waals surface area (Å²) in [5.41, 5.74) is -1.42. The molecule has 5 saturated carbocycles. The molecule has 7 fully saturated rings. The van der Waals surface area contributed by atoms with Crippen LogP contribution in [0.3, 0.4) is 0 Å². The Morgan fingerprint density at radius 3 is 2.59 bits per heavy atom. The highest BCUT2D eigenvalue weighted by molar-refractivity contribution is 5.45. The molecule has 2 heterocycles. The van der Waals surface area contributed by atoms with Crippen molar-refractivity contribution >= 4 is 0 Å². The van der Waals surface area contributed by atoms with Crippen molar-refractivity contribution in [1.29, 1.82) is 0 Å². The third-order valence-electron chi connectivity index (χ3n) is 14.8. The van der Waals surface area contributed by atoms with Crippen LogP contribution in [-0.2, 0) is 14.2 Å². The highest BCUT2D eigenvalue weighted by Gasteiger charge is 2.85. The first-order valence-corrected chi connectivity index (χ1v) is 17.5. The molecular weight excluding hydrogens is 561 g/mol. The third kappa shape index (κ3) is 4.16. The number of aliphatic hydroxyl groups is 3. The number of aliphatic hydroxyl groups excluding tert-OH is 2. The fraction of sp³-hybridized carbons (Fsp3) is 0.917. The number of nitrogens with zero attached hydrogens (tertiary/aromatic N) is 1. The molecule has 0 aromatic rings. The van der Waals surface area contributed by atoms with Crippen molar-refractivity contribution in [2.24, 2.45) is 44.8 Å². The van der Waals surface area contributed by atoms with Gasteiger partial charge in [-0.3, -0.25) is 4.90 Å². The summed E-state index contributed by atoms with van der Waals surface area (Å²) < 4.78 is 32.3. The van der Waals surface area contributed by atoms with E-state index in [0.717, 1.165) is 44.8 Å². The fourth-order valence-electron chi connectivity index (χ4n) is 12.5. The van der Waals surface area contributed by atoms with Crippen LogP contribution in [0.15, 0.2) is 0 Å². The summed E-state index contributed by atoms with van der Waals surface area (Å²) in [6.07, 6.45) is 7.50. The SMILES string of the molecule is C[C@@H]1C[C]([C@H](O)C(C)(C)O)O[C]2[C@H]1[C@@]1(C)CC[C@@]34C[C@@]35CCC(O[C@H]3CN(CCF)CCO3)C(C)(C)[C@@H]5CC[C]4[C@]1(C)[C@H]2O. The number of hydrogen-bond acceptors (Lipinski definition) is 7. The summed E-state index contributed by atoms with van der Waals surface area (Å²) in [5.74, 6) is 2.45. The summed E-state index contributed by atoms with van der Waals surface area (Å²) in [6, 6.07) is 0. The summed E-state index contributed by atoms with van der Waals surface area (Å²) in [4.78, 5) is 2.11. The molecule has 2 aliphatic heterocycles. The average molecular weight is 619 g/mol. The molecule has 2 spiro atoms. The molecule has 0 bridgehead atoms. The lowest BCUT2D eigenvalue weighted by Gasteiger charge is -2.63. The summed E-state index contributed by atoms with van der Waals surface area (Å²) in [7, 11) is 0. The normalized spacial score (nSPS) is 50.2. The Balaban J connectivity index is 1.13. The second-order valence-corrected chi connectivity index (χ2v) is 17.5. The monoisotopic (exact) mass is 618 g/mol. The summed E-state index contributed by atoms with van der Waals surface area (Å²) in [6.45, 7) is 17.1. The van der Waals surface area contributed by atoms with E-state index in [-0.39, 0.29) is 52.6 Å². The van der Waals surface area contributed by atoms with Crippen LogP contribution < -0.4 is 0 Å². The smallest absolute Gasteiger partial charge is 0.170 e. The van der Waals surface area contributed by atoms with Gasteiger partial charge in [0.1, 0.15) is 25.0 Å². The molecule has 7 aliphatic rings. The quantitative estimate of drug-likeness (QED) is 0.376. The van der Waals surface area contributed by atoms with E-state index in [1.165, 1.54) is 12.8 Å². The Morgan fingerprint density at radius 1 is 1.14 bits per heavy atom. The van der Waals surface area contributed by atoms with Gasteiger partial charge in [0.15, 0.2) is 6.29 Å². The van der Waals surface area contributed by atoms with Crippen molar-refractivity contribution in [2.75, 3.05) is 32.9 Å².